The molecule has 6 heteroatoms. The number of ether oxygens (including phenoxy) is 2. The molecule has 0 saturated heterocycles. The van der Waals surface area contributed by atoms with Crippen LogP contribution in [0.1, 0.15) is 6.42 Å². The molecular formula is C9H9BrN2O3. The topological polar surface area (TPSA) is 59.9 Å². The summed E-state index contributed by atoms with van der Waals surface area (Å²) in [6.07, 6.45) is 2.30. The lowest BCUT2D eigenvalue weighted by Crippen LogP contribution is -2.33. The van der Waals surface area contributed by atoms with Crippen molar-refractivity contribution in [3.63, 3.8) is 0 Å². The predicted octanol–water partition coefficient (Wildman–Crippen LogP) is 1.03. The minimum Gasteiger partial charge on any atom is -0.493 e. The Morgan fingerprint density at radius 2 is 2.47 bits per heavy atom. The van der Waals surface area contributed by atoms with Gasteiger partial charge >= 0.3 is 0 Å². The van der Waals surface area contributed by atoms with Crippen LogP contribution in [0.15, 0.2) is 26.8 Å². The van der Waals surface area contributed by atoms with Crippen molar-refractivity contribution in [3.8, 4) is 0 Å². The number of carbonyl (C=O) groups is 1. The van der Waals surface area contributed by atoms with E-state index in [9.17, 15) is 4.79 Å². The standard InChI is InChI=1S/C9H9BrN2O3/c1-14-8-5(10)2-3-11-9-7(8)12-6(13)4-15-9/h3H,2,4H2,1H3,(H,12,13). The number of allylic oxidation sites excluding steroid dienone is 1. The van der Waals surface area contributed by atoms with Gasteiger partial charge in [-0.1, -0.05) is 15.9 Å². The van der Waals surface area contributed by atoms with Gasteiger partial charge < -0.3 is 14.8 Å². The second kappa shape index (κ2) is 4.06. The van der Waals surface area contributed by atoms with E-state index >= 15 is 0 Å². The molecule has 0 aromatic carbocycles. The number of carbonyl (C=O) groups excluding carboxylic acids is 1. The lowest BCUT2D eigenvalue weighted by atomic mass is 10.3. The van der Waals surface area contributed by atoms with Gasteiger partial charge in [-0.3, -0.25) is 4.79 Å². The van der Waals surface area contributed by atoms with Crippen LogP contribution >= 0.6 is 15.9 Å². The molecule has 2 aliphatic heterocycles. The fraction of sp³-hybridized carbons (Fsp3) is 0.333. The summed E-state index contributed by atoms with van der Waals surface area (Å²) in [5, 5.41) is 2.68. The molecular weight excluding hydrogens is 264 g/mol. The van der Waals surface area contributed by atoms with Crippen molar-refractivity contribution in [2.24, 2.45) is 4.99 Å². The molecule has 0 unspecified atom stereocenters. The number of methoxy groups -OCH3 is 1. The Hall–Kier alpha value is -1.30. The Morgan fingerprint density at radius 3 is 3.20 bits per heavy atom. The molecule has 2 aliphatic rings. The van der Waals surface area contributed by atoms with E-state index < -0.39 is 0 Å². The van der Waals surface area contributed by atoms with Crippen LogP contribution in [0.3, 0.4) is 0 Å². The summed E-state index contributed by atoms with van der Waals surface area (Å²) in [5.41, 5.74) is 0.481. The van der Waals surface area contributed by atoms with Crippen molar-refractivity contribution in [2.45, 2.75) is 6.42 Å². The normalized spacial score (nSPS) is 20.5. The van der Waals surface area contributed by atoms with Gasteiger partial charge in [0.1, 0.15) is 5.70 Å². The fourth-order valence-corrected chi connectivity index (χ4v) is 1.85. The minimum absolute atomic E-state index is 0.00914. The monoisotopic (exact) mass is 272 g/mol. The quantitative estimate of drug-likeness (QED) is 0.776. The number of halogens is 1. The highest BCUT2D eigenvalue weighted by atomic mass is 79.9. The van der Waals surface area contributed by atoms with Crippen molar-refractivity contribution in [1.29, 1.82) is 0 Å². The zero-order valence-electron chi connectivity index (χ0n) is 8.04. The number of hydrogen-bond acceptors (Lipinski definition) is 4. The highest BCUT2D eigenvalue weighted by Gasteiger charge is 2.25. The zero-order chi connectivity index (χ0) is 10.8. The van der Waals surface area contributed by atoms with Gasteiger partial charge in [0.15, 0.2) is 12.4 Å². The number of rotatable bonds is 1. The Balaban J connectivity index is 2.47. The molecule has 0 spiro atoms. The predicted molar refractivity (Wildman–Crippen MR) is 57.2 cm³/mol. The lowest BCUT2D eigenvalue weighted by Gasteiger charge is -2.19. The Morgan fingerprint density at radius 1 is 1.67 bits per heavy atom. The van der Waals surface area contributed by atoms with Gasteiger partial charge in [-0.25, -0.2) is 4.99 Å². The SMILES string of the molecule is COC1=C(Br)CC=NC2=C1NC(=O)CO2. The van der Waals surface area contributed by atoms with Crippen LogP contribution in [0.4, 0.5) is 0 Å². The smallest absolute Gasteiger partial charge is 0.262 e. The highest BCUT2D eigenvalue weighted by molar-refractivity contribution is 9.11. The highest BCUT2D eigenvalue weighted by Crippen LogP contribution is 2.28. The minimum atomic E-state index is -0.208. The van der Waals surface area contributed by atoms with Crippen LogP contribution in [0.2, 0.25) is 0 Å². The molecule has 2 heterocycles. The molecule has 0 bridgehead atoms. The average molecular weight is 273 g/mol. The molecule has 80 valence electrons. The van der Waals surface area contributed by atoms with E-state index in [4.69, 9.17) is 9.47 Å². The molecule has 0 radical (unpaired) electrons. The third-order valence-corrected chi connectivity index (χ3v) is 2.66. The average Bonchev–Trinajstić information content (AvgIpc) is 2.36. The summed E-state index contributed by atoms with van der Waals surface area (Å²) in [5.74, 6) is 0.733. The summed E-state index contributed by atoms with van der Waals surface area (Å²) in [6.45, 7) is -0.00914. The maximum absolute atomic E-state index is 11.2. The maximum Gasteiger partial charge on any atom is 0.262 e. The van der Waals surface area contributed by atoms with Gasteiger partial charge in [-0.05, 0) is 0 Å². The second-order valence-electron chi connectivity index (χ2n) is 2.97. The van der Waals surface area contributed by atoms with Crippen LogP contribution < -0.4 is 5.32 Å². The van der Waals surface area contributed by atoms with E-state index in [1.807, 2.05) is 0 Å². The molecule has 5 nitrogen and oxygen atoms in total. The lowest BCUT2D eigenvalue weighted by molar-refractivity contribution is -0.125. The summed E-state index contributed by atoms with van der Waals surface area (Å²) >= 11 is 3.37. The van der Waals surface area contributed by atoms with Gasteiger partial charge in [0.2, 0.25) is 5.88 Å². The molecule has 1 amide bonds. The Labute approximate surface area is 95.0 Å². The number of amides is 1. The molecule has 0 saturated carbocycles. The van der Waals surface area contributed by atoms with E-state index in [1.54, 1.807) is 6.21 Å². The van der Waals surface area contributed by atoms with Crippen LogP contribution in [0.25, 0.3) is 0 Å². The van der Waals surface area contributed by atoms with Gasteiger partial charge in [-0.15, -0.1) is 0 Å². The van der Waals surface area contributed by atoms with Gasteiger partial charge in [0.05, 0.1) is 7.11 Å². The first-order valence-corrected chi connectivity index (χ1v) is 5.14. The van der Waals surface area contributed by atoms with E-state index in [0.717, 1.165) is 4.48 Å². The third-order valence-electron chi connectivity index (χ3n) is 1.97. The van der Waals surface area contributed by atoms with Crippen LogP contribution in [-0.4, -0.2) is 25.8 Å². The third kappa shape index (κ3) is 1.90. The molecule has 0 aliphatic carbocycles. The maximum atomic E-state index is 11.2. The summed E-state index contributed by atoms with van der Waals surface area (Å²) < 4.78 is 11.2. The number of hydrogen-bond donors (Lipinski definition) is 1. The first-order chi connectivity index (χ1) is 7.22. The first-order valence-electron chi connectivity index (χ1n) is 4.35. The zero-order valence-corrected chi connectivity index (χ0v) is 9.63. The van der Waals surface area contributed by atoms with E-state index in [0.29, 0.717) is 23.8 Å². The first kappa shape index (κ1) is 10.2. The Kier molecular flexibility index (Phi) is 2.77. The number of nitrogens with zero attached hydrogens (tertiary/aromatic N) is 1. The van der Waals surface area contributed by atoms with Crippen molar-refractivity contribution < 1.29 is 14.3 Å². The molecule has 0 aromatic heterocycles. The van der Waals surface area contributed by atoms with Crippen LogP contribution in [-0.2, 0) is 14.3 Å². The number of aliphatic imine (C=N–C) groups is 1. The molecule has 0 fully saturated rings. The van der Waals surface area contributed by atoms with Crippen LogP contribution in [0, 0.1) is 0 Å². The van der Waals surface area contributed by atoms with Crippen LogP contribution in [0.5, 0.6) is 0 Å². The summed E-state index contributed by atoms with van der Waals surface area (Å²) in [4.78, 5) is 15.3. The summed E-state index contributed by atoms with van der Waals surface area (Å²) in [7, 11) is 1.54. The molecule has 0 atom stereocenters. The van der Waals surface area contributed by atoms with E-state index in [2.05, 4.69) is 26.2 Å². The van der Waals surface area contributed by atoms with E-state index in [-0.39, 0.29) is 12.5 Å². The molecule has 0 aromatic rings. The molecule has 1 N–H and O–H groups in total. The summed E-state index contributed by atoms with van der Waals surface area (Å²) in [6, 6.07) is 0. The van der Waals surface area contributed by atoms with Crippen molar-refractivity contribution >= 4 is 28.1 Å². The fourth-order valence-electron chi connectivity index (χ4n) is 1.34. The molecule has 15 heavy (non-hydrogen) atoms. The number of nitrogens with one attached hydrogen (secondary N) is 1. The van der Waals surface area contributed by atoms with Gasteiger partial charge in [0, 0.05) is 17.1 Å². The van der Waals surface area contributed by atoms with Crippen molar-refractivity contribution in [2.75, 3.05) is 13.7 Å². The van der Waals surface area contributed by atoms with Gasteiger partial charge in [-0.2, -0.15) is 0 Å². The molecule has 2 rings (SSSR count). The van der Waals surface area contributed by atoms with Crippen molar-refractivity contribution in [1.82, 2.24) is 5.32 Å². The van der Waals surface area contributed by atoms with E-state index in [1.165, 1.54) is 7.11 Å². The van der Waals surface area contributed by atoms with Crippen molar-refractivity contribution in [3.05, 3.63) is 21.8 Å². The second-order valence-corrected chi connectivity index (χ2v) is 3.93. The largest absolute Gasteiger partial charge is 0.493 e. The Bertz CT molecular complexity index is 398. The van der Waals surface area contributed by atoms with Gasteiger partial charge in [0.25, 0.3) is 5.91 Å².